The average molecular weight is 399 g/mol. The minimum absolute atomic E-state index is 0.0869. The van der Waals surface area contributed by atoms with Crippen LogP contribution in [0.2, 0.25) is 0 Å². The van der Waals surface area contributed by atoms with Crippen LogP contribution in [0, 0.1) is 0 Å². The van der Waals surface area contributed by atoms with Gasteiger partial charge in [0.2, 0.25) is 10.0 Å². The van der Waals surface area contributed by atoms with Gasteiger partial charge < -0.3 is 14.4 Å². The van der Waals surface area contributed by atoms with Crippen LogP contribution >= 0.6 is 0 Å². The van der Waals surface area contributed by atoms with Crippen molar-refractivity contribution >= 4 is 16.1 Å². The van der Waals surface area contributed by atoms with Crippen LogP contribution in [0.1, 0.15) is 39.2 Å². The Labute approximate surface area is 162 Å². The summed E-state index contributed by atoms with van der Waals surface area (Å²) in [7, 11) is -0.349. The van der Waals surface area contributed by atoms with Crippen molar-refractivity contribution in [3.8, 4) is 5.75 Å². The summed E-state index contributed by atoms with van der Waals surface area (Å²) in [5.74, 6) is 0.598. The summed E-state index contributed by atoms with van der Waals surface area (Å²) < 4.78 is 37.6. The van der Waals surface area contributed by atoms with Crippen LogP contribution in [0.15, 0.2) is 24.3 Å². The number of ether oxygens (including phenoxy) is 2. The van der Waals surface area contributed by atoms with E-state index in [2.05, 4.69) is 0 Å². The second kappa shape index (κ2) is 8.48. The first-order valence-electron chi connectivity index (χ1n) is 9.08. The number of sulfonamides is 1. The van der Waals surface area contributed by atoms with E-state index in [9.17, 15) is 13.2 Å². The Bertz CT molecular complexity index is 740. The first kappa shape index (κ1) is 21.5. The molecule has 1 amide bonds. The molecule has 1 aromatic carbocycles. The van der Waals surface area contributed by atoms with Gasteiger partial charge in [0, 0.05) is 26.2 Å². The molecule has 0 radical (unpaired) electrons. The monoisotopic (exact) mass is 398 g/mol. The summed E-state index contributed by atoms with van der Waals surface area (Å²) in [4.78, 5) is 13.9. The minimum atomic E-state index is -3.50. The lowest BCUT2D eigenvalue weighted by molar-refractivity contribution is 0.0163. The summed E-state index contributed by atoms with van der Waals surface area (Å²) in [5, 5.41) is 0. The van der Waals surface area contributed by atoms with Crippen molar-refractivity contribution < 1.29 is 22.7 Å². The molecule has 0 saturated carbocycles. The molecule has 0 aromatic heterocycles. The summed E-state index contributed by atoms with van der Waals surface area (Å²) in [6.45, 7) is 6.37. The third-order valence-electron chi connectivity index (χ3n) is 4.51. The summed E-state index contributed by atoms with van der Waals surface area (Å²) in [6, 6.07) is 6.73. The maximum Gasteiger partial charge on any atom is 0.410 e. The molecule has 8 heteroatoms. The van der Waals surface area contributed by atoms with E-state index in [0.29, 0.717) is 24.4 Å². The average Bonchev–Trinajstić information content (AvgIpc) is 2.60. The predicted molar refractivity (Wildman–Crippen MR) is 104 cm³/mol. The van der Waals surface area contributed by atoms with Crippen LogP contribution in [-0.2, 0) is 20.5 Å². The molecule has 0 unspecified atom stereocenters. The number of hydrogen-bond acceptors (Lipinski definition) is 5. The molecule has 7 nitrogen and oxygen atoms in total. The first-order chi connectivity index (χ1) is 12.5. The van der Waals surface area contributed by atoms with Crippen molar-refractivity contribution in [2.75, 3.05) is 27.2 Å². The number of amides is 1. The molecular weight excluding hydrogens is 368 g/mol. The zero-order valence-electron chi connectivity index (χ0n) is 16.8. The van der Waals surface area contributed by atoms with Crippen LogP contribution in [0.25, 0.3) is 0 Å². The van der Waals surface area contributed by atoms with Gasteiger partial charge in [0.15, 0.2) is 0 Å². The fourth-order valence-corrected chi connectivity index (χ4v) is 4.45. The van der Waals surface area contributed by atoms with E-state index >= 15 is 0 Å². The van der Waals surface area contributed by atoms with Gasteiger partial charge in [-0.25, -0.2) is 13.2 Å². The van der Waals surface area contributed by atoms with Gasteiger partial charge in [-0.05, 0) is 51.3 Å². The van der Waals surface area contributed by atoms with Gasteiger partial charge in [0.05, 0.1) is 12.9 Å². The second-order valence-electron chi connectivity index (χ2n) is 7.84. The van der Waals surface area contributed by atoms with Gasteiger partial charge in [-0.2, -0.15) is 4.31 Å². The van der Waals surface area contributed by atoms with Gasteiger partial charge in [-0.1, -0.05) is 12.1 Å². The maximum absolute atomic E-state index is 12.8. The van der Waals surface area contributed by atoms with Crippen molar-refractivity contribution in [3.05, 3.63) is 29.8 Å². The predicted octanol–water partition coefficient (Wildman–Crippen LogP) is 2.86. The summed E-state index contributed by atoms with van der Waals surface area (Å²) >= 11 is 0. The van der Waals surface area contributed by atoms with Gasteiger partial charge in [-0.3, -0.25) is 0 Å². The lowest BCUT2D eigenvalue weighted by Crippen LogP contribution is -2.51. The van der Waals surface area contributed by atoms with Crippen molar-refractivity contribution in [3.63, 3.8) is 0 Å². The van der Waals surface area contributed by atoms with Crippen molar-refractivity contribution in [2.45, 2.75) is 51.0 Å². The van der Waals surface area contributed by atoms with Crippen LogP contribution in [0.3, 0.4) is 0 Å². The minimum Gasteiger partial charge on any atom is -0.497 e. The Kier molecular flexibility index (Phi) is 6.75. The SMILES string of the molecule is COc1ccc(CS(=O)(=O)N(C)[C@H]2CCCN(C(=O)OC(C)(C)C)C2)cc1. The number of carbonyl (C=O) groups is 1. The number of piperidine rings is 1. The van der Waals surface area contributed by atoms with Crippen molar-refractivity contribution in [1.29, 1.82) is 0 Å². The van der Waals surface area contributed by atoms with Gasteiger partial charge in [0.25, 0.3) is 0 Å². The number of methoxy groups -OCH3 is 1. The fourth-order valence-electron chi connectivity index (χ4n) is 3.01. The molecule has 27 heavy (non-hydrogen) atoms. The Morgan fingerprint density at radius 2 is 1.89 bits per heavy atom. The van der Waals surface area contributed by atoms with Gasteiger partial charge >= 0.3 is 6.09 Å². The van der Waals surface area contributed by atoms with E-state index < -0.39 is 21.7 Å². The molecule has 1 aromatic rings. The molecule has 0 aliphatic carbocycles. The van der Waals surface area contributed by atoms with E-state index in [1.807, 2.05) is 20.8 Å². The second-order valence-corrected chi connectivity index (χ2v) is 9.87. The van der Waals surface area contributed by atoms with Crippen molar-refractivity contribution in [1.82, 2.24) is 9.21 Å². The summed E-state index contributed by atoms with van der Waals surface area (Å²) in [5.41, 5.74) is 0.124. The number of likely N-dealkylation sites (tertiary alicyclic amines) is 1. The highest BCUT2D eigenvalue weighted by Gasteiger charge is 2.33. The Hall–Kier alpha value is -1.80. The smallest absolute Gasteiger partial charge is 0.410 e. The largest absolute Gasteiger partial charge is 0.497 e. The number of hydrogen-bond donors (Lipinski definition) is 0. The molecule has 1 aliphatic heterocycles. The molecule has 152 valence electrons. The quantitative estimate of drug-likeness (QED) is 0.762. The lowest BCUT2D eigenvalue weighted by Gasteiger charge is -2.37. The molecule has 1 fully saturated rings. The zero-order chi connectivity index (χ0) is 20.2. The number of benzene rings is 1. The topological polar surface area (TPSA) is 76.2 Å². The molecular formula is C19H30N2O5S. The third kappa shape index (κ3) is 6.10. The van der Waals surface area contributed by atoms with Crippen molar-refractivity contribution in [2.24, 2.45) is 0 Å². The Morgan fingerprint density at radius 3 is 2.44 bits per heavy atom. The molecule has 0 spiro atoms. The normalized spacial score (nSPS) is 18.4. The van der Waals surface area contributed by atoms with E-state index in [1.165, 1.54) is 4.31 Å². The third-order valence-corrected chi connectivity index (χ3v) is 6.38. The standard InChI is InChI=1S/C19H30N2O5S/c1-19(2,3)26-18(22)21-12-6-7-16(13-21)20(4)27(23,24)14-15-8-10-17(25-5)11-9-15/h8-11,16H,6-7,12-14H2,1-5H3/t16-/m0/s1. The number of likely N-dealkylation sites (N-methyl/N-ethyl adjacent to an activating group) is 1. The molecule has 1 heterocycles. The first-order valence-corrected chi connectivity index (χ1v) is 10.7. The molecule has 1 atom stereocenters. The van der Waals surface area contributed by atoms with E-state index in [0.717, 1.165) is 12.8 Å². The van der Waals surface area contributed by atoms with Crippen LogP contribution in [0.5, 0.6) is 5.75 Å². The Balaban J connectivity index is 2.03. The molecule has 1 saturated heterocycles. The molecule has 0 bridgehead atoms. The highest BCUT2D eigenvalue weighted by Crippen LogP contribution is 2.22. The number of carbonyl (C=O) groups excluding carboxylic acids is 1. The maximum atomic E-state index is 12.8. The van der Waals surface area contributed by atoms with Crippen LogP contribution < -0.4 is 4.74 Å². The van der Waals surface area contributed by atoms with Crippen LogP contribution in [-0.4, -0.2) is 62.6 Å². The number of rotatable bonds is 5. The number of nitrogens with zero attached hydrogens (tertiary/aromatic N) is 2. The Morgan fingerprint density at radius 1 is 1.26 bits per heavy atom. The highest BCUT2D eigenvalue weighted by molar-refractivity contribution is 7.88. The van der Waals surface area contributed by atoms with Crippen LogP contribution in [0.4, 0.5) is 4.79 Å². The lowest BCUT2D eigenvalue weighted by atomic mass is 10.1. The van der Waals surface area contributed by atoms with Gasteiger partial charge in [-0.15, -0.1) is 0 Å². The zero-order valence-corrected chi connectivity index (χ0v) is 17.6. The molecule has 1 aliphatic rings. The molecule has 0 N–H and O–H groups in total. The molecule has 2 rings (SSSR count). The highest BCUT2D eigenvalue weighted by atomic mass is 32.2. The van der Waals surface area contributed by atoms with E-state index in [4.69, 9.17) is 9.47 Å². The van der Waals surface area contributed by atoms with E-state index in [-0.39, 0.29) is 11.8 Å². The van der Waals surface area contributed by atoms with E-state index in [1.54, 1.807) is 43.3 Å². The van der Waals surface area contributed by atoms with Gasteiger partial charge in [0.1, 0.15) is 11.4 Å². The fraction of sp³-hybridized carbons (Fsp3) is 0.632. The summed E-state index contributed by atoms with van der Waals surface area (Å²) in [6.07, 6.45) is 1.07.